The van der Waals surface area contributed by atoms with E-state index in [0.717, 1.165) is 0 Å². The first kappa shape index (κ1) is 41.4. The lowest BCUT2D eigenvalue weighted by atomic mass is 9.44. The van der Waals surface area contributed by atoms with Crippen LogP contribution in [0.15, 0.2) is 133 Å². The Balaban J connectivity index is 1.10. The minimum Gasteiger partial charge on any atom is -0.376 e. The van der Waals surface area contributed by atoms with Crippen LogP contribution in [0.3, 0.4) is 0 Å². The molecule has 0 unspecified atom stereocenters. The Labute approximate surface area is 417 Å². The Morgan fingerprint density at radius 1 is 0.500 bits per heavy atom. The third-order valence-corrected chi connectivity index (χ3v) is 19.7. The second kappa shape index (κ2) is 12.9. The smallest absolute Gasteiger partial charge is 0.333 e. The summed E-state index contributed by atoms with van der Waals surface area (Å²) in [7, 11) is 0. The van der Waals surface area contributed by atoms with E-state index in [-0.39, 0.29) is 33.9 Å². The summed E-state index contributed by atoms with van der Waals surface area (Å²) in [4.78, 5) is 2.77. The predicted molar refractivity (Wildman–Crippen MR) is 302 cm³/mol. The van der Waals surface area contributed by atoms with Crippen LogP contribution in [0.4, 0.5) is 11.4 Å². The quantitative estimate of drug-likeness (QED) is 0.149. The van der Waals surface area contributed by atoms with Crippen LogP contribution in [-0.2, 0) is 27.1 Å². The zero-order valence-corrected chi connectivity index (χ0v) is 43.3. The van der Waals surface area contributed by atoms with Gasteiger partial charge in [-0.2, -0.15) is 0 Å². The van der Waals surface area contributed by atoms with Crippen LogP contribution < -0.4 is 15.7 Å². The van der Waals surface area contributed by atoms with Gasteiger partial charge < -0.3 is 9.38 Å². The molecule has 15 rings (SSSR count). The number of rotatable bonds is 1. The standard InChI is InChI=1S/C66H59BN2S/c1-62(2,3)36-20-22-37(23-21-36)69-54-33-43-42-30-50-51(64(6,7)29-28-63(50,4)5)34-49(42)66(10,11)48(43)31-44(54)39-24-25-41-59-53(27-26-47-58(59)40-17-12-14-18-46(40)65(47,8)9)68-55-35-57-45(38-16-13-15-19-56(38)70-57)32-52(55)67(69)60(39)61(41)68/h12-27,30-35H,28-29H2,1-11H3. The van der Waals surface area contributed by atoms with Crippen LogP contribution in [0.2, 0.25) is 0 Å². The third kappa shape index (κ3) is 5.01. The lowest BCUT2D eigenvalue weighted by molar-refractivity contribution is 0.331. The Kier molecular flexibility index (Phi) is 7.66. The van der Waals surface area contributed by atoms with E-state index in [1.165, 1.54) is 150 Å². The largest absolute Gasteiger partial charge is 0.376 e. The lowest BCUT2D eigenvalue weighted by Crippen LogP contribution is -2.60. The molecule has 70 heavy (non-hydrogen) atoms. The fourth-order valence-electron chi connectivity index (χ4n) is 14.6. The topological polar surface area (TPSA) is 8.17 Å². The molecule has 0 atom stereocenters. The summed E-state index contributed by atoms with van der Waals surface area (Å²) in [5.41, 5.74) is 27.7. The Morgan fingerprint density at radius 3 is 1.94 bits per heavy atom. The van der Waals surface area contributed by atoms with E-state index >= 15 is 0 Å². The molecule has 342 valence electrons. The van der Waals surface area contributed by atoms with Gasteiger partial charge in [-0.15, -0.1) is 11.3 Å². The first-order valence-corrected chi connectivity index (χ1v) is 26.6. The number of fused-ring (bicyclic) bond motifs is 19. The predicted octanol–water partition coefficient (Wildman–Crippen LogP) is 16.6. The van der Waals surface area contributed by atoms with Gasteiger partial charge in [0.15, 0.2) is 0 Å². The van der Waals surface area contributed by atoms with Gasteiger partial charge in [-0.25, -0.2) is 0 Å². The van der Waals surface area contributed by atoms with Crippen molar-refractivity contribution in [2.45, 2.75) is 116 Å². The summed E-state index contributed by atoms with van der Waals surface area (Å²) in [6.07, 6.45) is 2.41. The first-order valence-electron chi connectivity index (χ1n) is 25.8. The van der Waals surface area contributed by atoms with Gasteiger partial charge in [0.25, 0.3) is 0 Å². The molecule has 0 N–H and O–H groups in total. The van der Waals surface area contributed by atoms with Gasteiger partial charge in [0.05, 0.1) is 11.0 Å². The molecule has 5 aliphatic rings. The van der Waals surface area contributed by atoms with Crippen molar-refractivity contribution in [3.63, 3.8) is 0 Å². The molecule has 4 heteroatoms. The summed E-state index contributed by atoms with van der Waals surface area (Å²) in [6, 6.07) is 53.5. The van der Waals surface area contributed by atoms with Gasteiger partial charge in [-0.3, -0.25) is 0 Å². The molecule has 0 bridgehead atoms. The normalized spacial score (nSPS) is 17.9. The van der Waals surface area contributed by atoms with Crippen LogP contribution in [0, 0.1) is 0 Å². The summed E-state index contributed by atoms with van der Waals surface area (Å²) in [5.74, 6) is 0. The fourth-order valence-corrected chi connectivity index (χ4v) is 15.7. The highest BCUT2D eigenvalue weighted by molar-refractivity contribution is 7.26. The first-order chi connectivity index (χ1) is 33.3. The molecule has 10 aromatic rings. The Hall–Kier alpha value is -6.36. The molecule has 0 spiro atoms. The fraction of sp³-hybridized carbons (Fsp3) is 0.273. The zero-order valence-electron chi connectivity index (χ0n) is 42.5. The average molecular weight is 923 g/mol. The van der Waals surface area contributed by atoms with Gasteiger partial charge in [0, 0.05) is 64.4 Å². The highest BCUT2D eigenvalue weighted by atomic mass is 32.1. The maximum atomic E-state index is 2.77. The minimum atomic E-state index is -0.169. The van der Waals surface area contributed by atoms with Gasteiger partial charge in [0.2, 0.25) is 0 Å². The van der Waals surface area contributed by atoms with Crippen molar-refractivity contribution < 1.29 is 0 Å². The van der Waals surface area contributed by atoms with Gasteiger partial charge >= 0.3 is 6.85 Å². The van der Waals surface area contributed by atoms with E-state index in [1.54, 1.807) is 5.56 Å². The minimum absolute atomic E-state index is 0.0339. The summed E-state index contributed by atoms with van der Waals surface area (Å²) in [5, 5.41) is 5.41. The molecule has 3 aliphatic carbocycles. The molecule has 0 saturated heterocycles. The maximum Gasteiger partial charge on any atom is 0.333 e. The van der Waals surface area contributed by atoms with Crippen LogP contribution in [0.5, 0.6) is 0 Å². The Bertz CT molecular complexity index is 4050. The molecule has 4 heterocycles. The molecule has 2 aliphatic heterocycles. The molecular formula is C66H59BN2S. The summed E-state index contributed by atoms with van der Waals surface area (Å²) >= 11 is 1.93. The van der Waals surface area contributed by atoms with Crippen LogP contribution in [0.25, 0.3) is 81.0 Å². The van der Waals surface area contributed by atoms with E-state index in [4.69, 9.17) is 0 Å². The van der Waals surface area contributed by atoms with Crippen molar-refractivity contribution >= 4 is 82.5 Å². The monoisotopic (exact) mass is 922 g/mol. The zero-order chi connectivity index (χ0) is 47.9. The van der Waals surface area contributed by atoms with Gasteiger partial charge in [-0.1, -0.05) is 161 Å². The molecule has 0 amide bonds. The summed E-state index contributed by atoms with van der Waals surface area (Å²) < 4.78 is 5.37. The van der Waals surface area contributed by atoms with Crippen molar-refractivity contribution in [1.82, 2.24) is 4.57 Å². The lowest BCUT2D eigenvalue weighted by Gasteiger charge is -2.42. The molecule has 0 fully saturated rings. The number of hydrogen-bond donors (Lipinski definition) is 0. The van der Waals surface area contributed by atoms with Crippen LogP contribution in [-0.4, -0.2) is 11.4 Å². The summed E-state index contributed by atoms with van der Waals surface area (Å²) in [6.45, 7) is 26.6. The molecule has 8 aromatic carbocycles. The van der Waals surface area contributed by atoms with E-state index in [1.807, 2.05) is 11.3 Å². The van der Waals surface area contributed by atoms with Crippen molar-refractivity contribution in [1.29, 1.82) is 0 Å². The number of anilines is 2. The molecule has 2 aromatic heterocycles. The number of thiophene rings is 1. The number of hydrogen-bond acceptors (Lipinski definition) is 2. The van der Waals surface area contributed by atoms with E-state index in [0.29, 0.717) is 0 Å². The molecule has 2 nitrogen and oxygen atoms in total. The van der Waals surface area contributed by atoms with E-state index in [9.17, 15) is 0 Å². The maximum absolute atomic E-state index is 2.77. The van der Waals surface area contributed by atoms with Crippen molar-refractivity contribution in [3.05, 3.63) is 172 Å². The highest BCUT2D eigenvalue weighted by Crippen LogP contribution is 2.59. The van der Waals surface area contributed by atoms with Crippen LogP contribution >= 0.6 is 11.3 Å². The van der Waals surface area contributed by atoms with Crippen LogP contribution in [0.1, 0.15) is 128 Å². The Morgan fingerprint density at radius 2 is 1.17 bits per heavy atom. The highest BCUT2D eigenvalue weighted by Gasteiger charge is 2.48. The number of aromatic nitrogens is 1. The number of benzene rings is 8. The average Bonchev–Trinajstić information content (AvgIpc) is 4.01. The third-order valence-electron chi connectivity index (χ3n) is 18.6. The molecule has 0 radical (unpaired) electrons. The van der Waals surface area contributed by atoms with Crippen molar-refractivity contribution in [2.75, 3.05) is 4.81 Å². The van der Waals surface area contributed by atoms with Crippen molar-refractivity contribution in [3.8, 4) is 39.1 Å². The van der Waals surface area contributed by atoms with Crippen molar-refractivity contribution in [2.24, 2.45) is 0 Å². The van der Waals surface area contributed by atoms with E-state index < -0.39 is 0 Å². The van der Waals surface area contributed by atoms with Gasteiger partial charge in [-0.05, 0) is 155 Å². The molecule has 0 saturated carbocycles. The second-order valence-corrected chi connectivity index (χ2v) is 26.2. The second-order valence-electron chi connectivity index (χ2n) is 25.1. The number of nitrogens with zero attached hydrogens (tertiary/aromatic N) is 2. The van der Waals surface area contributed by atoms with E-state index in [2.05, 4.69) is 219 Å². The SMILES string of the molecule is CC(C)(C)c1ccc(N2B3c4cc5c(cc4-n4c6ccc7c(c6c6ccc(c3c64)-c3cc4c(cc32)-c2cc3c(cc2C4(C)C)C(C)(C)CCC3(C)C)-c2ccccc2C7(C)C)sc2ccccc25)cc1. The van der Waals surface area contributed by atoms with Gasteiger partial charge in [0.1, 0.15) is 0 Å². The molecular weight excluding hydrogens is 864 g/mol.